The molecule has 0 saturated heterocycles. The van der Waals surface area contributed by atoms with E-state index in [9.17, 15) is 13.9 Å². The van der Waals surface area contributed by atoms with Gasteiger partial charge in [-0.25, -0.2) is 13.8 Å². The van der Waals surface area contributed by atoms with Crippen molar-refractivity contribution in [3.8, 4) is 17.1 Å². The predicted molar refractivity (Wildman–Crippen MR) is 74.8 cm³/mol. The first-order valence-corrected chi connectivity index (χ1v) is 6.37. The van der Waals surface area contributed by atoms with Crippen LogP contribution >= 0.6 is 0 Å². The highest BCUT2D eigenvalue weighted by Gasteiger charge is 2.09. The molecule has 5 heteroatoms. The van der Waals surface area contributed by atoms with Gasteiger partial charge in [-0.3, -0.25) is 0 Å². The number of phenolic OH excluding ortho intramolecular Hbond substituents is 1. The van der Waals surface area contributed by atoms with Crippen molar-refractivity contribution >= 4 is 0 Å². The third kappa shape index (κ3) is 2.91. The quantitative estimate of drug-likeness (QED) is 0.799. The SMILES string of the molecule is Oc1cccc(Cn2ccnc2-c2cc(F)cc(F)c2)c1. The van der Waals surface area contributed by atoms with Crippen molar-refractivity contribution in [2.45, 2.75) is 6.54 Å². The molecule has 0 radical (unpaired) electrons. The number of halogens is 2. The highest BCUT2D eigenvalue weighted by Crippen LogP contribution is 2.21. The maximum Gasteiger partial charge on any atom is 0.140 e. The second-order valence-corrected chi connectivity index (χ2v) is 4.71. The predicted octanol–water partition coefficient (Wildman–Crippen LogP) is 3.58. The van der Waals surface area contributed by atoms with E-state index < -0.39 is 11.6 Å². The zero-order valence-corrected chi connectivity index (χ0v) is 11.0. The molecule has 0 saturated carbocycles. The first-order valence-electron chi connectivity index (χ1n) is 6.37. The molecule has 0 atom stereocenters. The molecule has 106 valence electrons. The minimum Gasteiger partial charge on any atom is -0.508 e. The van der Waals surface area contributed by atoms with Crippen LogP contribution in [0.4, 0.5) is 8.78 Å². The third-order valence-corrected chi connectivity index (χ3v) is 3.10. The van der Waals surface area contributed by atoms with Crippen LogP contribution in [0.5, 0.6) is 5.75 Å². The Labute approximate surface area is 120 Å². The normalized spacial score (nSPS) is 10.8. The number of aromatic hydroxyl groups is 1. The second-order valence-electron chi connectivity index (χ2n) is 4.71. The number of imidazole rings is 1. The number of benzene rings is 2. The van der Waals surface area contributed by atoms with Crippen molar-refractivity contribution in [2.75, 3.05) is 0 Å². The standard InChI is InChI=1S/C16H12F2N2O/c17-13-7-12(8-14(18)9-13)16-19-4-5-20(16)10-11-2-1-3-15(21)6-11/h1-9,21H,10H2. The summed E-state index contributed by atoms with van der Waals surface area (Å²) in [5.74, 6) is -0.642. The van der Waals surface area contributed by atoms with Crippen LogP contribution in [0.15, 0.2) is 54.9 Å². The molecular formula is C16H12F2N2O. The lowest BCUT2D eigenvalue weighted by Gasteiger charge is -2.09. The molecule has 2 aromatic carbocycles. The molecule has 3 nitrogen and oxygen atoms in total. The van der Waals surface area contributed by atoms with Gasteiger partial charge in [-0.05, 0) is 29.8 Å². The van der Waals surface area contributed by atoms with Gasteiger partial charge in [0.15, 0.2) is 0 Å². The maximum absolute atomic E-state index is 13.3. The number of nitrogens with zero attached hydrogens (tertiary/aromatic N) is 2. The van der Waals surface area contributed by atoms with Gasteiger partial charge in [0, 0.05) is 30.6 Å². The van der Waals surface area contributed by atoms with E-state index in [2.05, 4.69) is 4.98 Å². The van der Waals surface area contributed by atoms with Crippen LogP contribution in [0.3, 0.4) is 0 Å². The molecule has 1 aromatic heterocycles. The molecule has 0 fully saturated rings. The van der Waals surface area contributed by atoms with E-state index in [0.29, 0.717) is 17.9 Å². The van der Waals surface area contributed by atoms with Crippen molar-refractivity contribution < 1.29 is 13.9 Å². The van der Waals surface area contributed by atoms with Crippen LogP contribution < -0.4 is 0 Å². The highest BCUT2D eigenvalue weighted by atomic mass is 19.1. The van der Waals surface area contributed by atoms with E-state index in [1.807, 2.05) is 6.07 Å². The van der Waals surface area contributed by atoms with Gasteiger partial charge < -0.3 is 9.67 Å². The van der Waals surface area contributed by atoms with E-state index >= 15 is 0 Å². The fourth-order valence-electron chi connectivity index (χ4n) is 2.23. The summed E-state index contributed by atoms with van der Waals surface area (Å²) < 4.78 is 28.4. The van der Waals surface area contributed by atoms with Gasteiger partial charge in [-0.15, -0.1) is 0 Å². The lowest BCUT2D eigenvalue weighted by molar-refractivity contribution is 0.474. The topological polar surface area (TPSA) is 38.0 Å². The Morgan fingerprint density at radius 1 is 1.05 bits per heavy atom. The molecule has 21 heavy (non-hydrogen) atoms. The van der Waals surface area contributed by atoms with E-state index in [1.165, 1.54) is 12.1 Å². The Bertz CT molecular complexity index is 763. The smallest absolute Gasteiger partial charge is 0.140 e. The highest BCUT2D eigenvalue weighted by molar-refractivity contribution is 5.56. The van der Waals surface area contributed by atoms with Gasteiger partial charge in [0.25, 0.3) is 0 Å². The third-order valence-electron chi connectivity index (χ3n) is 3.10. The van der Waals surface area contributed by atoms with Crippen LogP contribution in [0, 0.1) is 11.6 Å². The van der Waals surface area contributed by atoms with Gasteiger partial charge in [0.1, 0.15) is 23.2 Å². The molecular weight excluding hydrogens is 274 g/mol. The van der Waals surface area contributed by atoms with E-state index in [0.717, 1.165) is 11.6 Å². The Hall–Kier alpha value is -2.69. The maximum atomic E-state index is 13.3. The average Bonchev–Trinajstić information content (AvgIpc) is 2.85. The summed E-state index contributed by atoms with van der Waals surface area (Å²) in [5, 5.41) is 9.48. The molecule has 1 heterocycles. The Kier molecular flexibility index (Phi) is 3.39. The summed E-state index contributed by atoms with van der Waals surface area (Å²) in [6.45, 7) is 0.446. The minimum absolute atomic E-state index is 0.172. The molecule has 0 aliphatic carbocycles. The summed E-state index contributed by atoms with van der Waals surface area (Å²) in [5.41, 5.74) is 1.24. The van der Waals surface area contributed by atoms with Gasteiger partial charge in [-0.1, -0.05) is 12.1 Å². The molecule has 0 spiro atoms. The van der Waals surface area contributed by atoms with Gasteiger partial charge in [0.2, 0.25) is 0 Å². The fourth-order valence-corrected chi connectivity index (χ4v) is 2.23. The number of hydrogen-bond donors (Lipinski definition) is 1. The van der Waals surface area contributed by atoms with Gasteiger partial charge in [0.05, 0.1) is 0 Å². The van der Waals surface area contributed by atoms with E-state index in [1.54, 1.807) is 35.2 Å². The van der Waals surface area contributed by atoms with Crippen LogP contribution in [-0.4, -0.2) is 14.7 Å². The summed E-state index contributed by atoms with van der Waals surface area (Å²) in [7, 11) is 0. The van der Waals surface area contributed by atoms with Crippen molar-refractivity contribution in [2.24, 2.45) is 0 Å². The van der Waals surface area contributed by atoms with E-state index in [4.69, 9.17) is 0 Å². The summed E-state index contributed by atoms with van der Waals surface area (Å²) in [6.07, 6.45) is 3.29. The van der Waals surface area contributed by atoms with Crippen LogP contribution in [-0.2, 0) is 6.54 Å². The number of hydrogen-bond acceptors (Lipinski definition) is 2. The van der Waals surface area contributed by atoms with Crippen molar-refractivity contribution in [1.82, 2.24) is 9.55 Å². The first-order chi connectivity index (χ1) is 10.1. The van der Waals surface area contributed by atoms with Gasteiger partial charge >= 0.3 is 0 Å². The summed E-state index contributed by atoms with van der Waals surface area (Å²) >= 11 is 0. The largest absolute Gasteiger partial charge is 0.508 e. The Balaban J connectivity index is 1.97. The Morgan fingerprint density at radius 3 is 2.52 bits per heavy atom. The summed E-state index contributed by atoms with van der Waals surface area (Å²) in [4.78, 5) is 4.15. The fraction of sp³-hybridized carbons (Fsp3) is 0.0625. The molecule has 3 aromatic rings. The molecule has 1 N–H and O–H groups in total. The molecule has 0 unspecified atom stereocenters. The molecule has 3 rings (SSSR count). The summed E-state index contributed by atoms with van der Waals surface area (Å²) in [6, 6.07) is 10.1. The zero-order chi connectivity index (χ0) is 14.8. The van der Waals surface area contributed by atoms with Crippen molar-refractivity contribution in [3.05, 3.63) is 72.1 Å². The zero-order valence-electron chi connectivity index (χ0n) is 11.0. The molecule has 0 aliphatic rings. The number of rotatable bonds is 3. The number of phenols is 1. The monoisotopic (exact) mass is 286 g/mol. The van der Waals surface area contributed by atoms with Gasteiger partial charge in [-0.2, -0.15) is 0 Å². The lowest BCUT2D eigenvalue weighted by atomic mass is 10.2. The molecule has 0 amide bonds. The second kappa shape index (κ2) is 5.36. The van der Waals surface area contributed by atoms with Crippen molar-refractivity contribution in [1.29, 1.82) is 0 Å². The first kappa shape index (κ1) is 13.3. The molecule has 0 aliphatic heterocycles. The molecule has 0 bridgehead atoms. The number of aromatic nitrogens is 2. The van der Waals surface area contributed by atoms with E-state index in [-0.39, 0.29) is 5.75 Å². The Morgan fingerprint density at radius 2 is 1.81 bits per heavy atom. The minimum atomic E-state index is -0.642. The van der Waals surface area contributed by atoms with Crippen LogP contribution in [0.1, 0.15) is 5.56 Å². The van der Waals surface area contributed by atoms with Crippen LogP contribution in [0.2, 0.25) is 0 Å². The van der Waals surface area contributed by atoms with Crippen LogP contribution in [0.25, 0.3) is 11.4 Å². The van der Waals surface area contributed by atoms with Crippen molar-refractivity contribution in [3.63, 3.8) is 0 Å². The lowest BCUT2D eigenvalue weighted by Crippen LogP contribution is -2.01. The average molecular weight is 286 g/mol.